The van der Waals surface area contributed by atoms with Crippen molar-refractivity contribution in [3.05, 3.63) is 64.7 Å². The predicted molar refractivity (Wildman–Crippen MR) is 101 cm³/mol. The molecule has 2 aromatic rings. The molecule has 0 aliphatic heterocycles. The highest BCUT2D eigenvalue weighted by atomic mass is 32.1. The summed E-state index contributed by atoms with van der Waals surface area (Å²) >= 11 is 5.22. The lowest BCUT2D eigenvalue weighted by Crippen LogP contribution is -2.24. The van der Waals surface area contributed by atoms with Crippen LogP contribution in [-0.2, 0) is 4.74 Å². The van der Waals surface area contributed by atoms with Gasteiger partial charge in [0.1, 0.15) is 0 Å². The van der Waals surface area contributed by atoms with E-state index in [-0.39, 0.29) is 5.97 Å². The summed E-state index contributed by atoms with van der Waals surface area (Å²) in [5, 5.41) is 7.59. The van der Waals surface area contributed by atoms with Crippen molar-refractivity contribution in [1.82, 2.24) is 5.43 Å². The van der Waals surface area contributed by atoms with Crippen molar-refractivity contribution in [2.75, 3.05) is 12.4 Å². The van der Waals surface area contributed by atoms with Gasteiger partial charge >= 0.3 is 5.97 Å². The number of hydrazone groups is 1. The van der Waals surface area contributed by atoms with Crippen LogP contribution in [0.4, 0.5) is 5.69 Å². The minimum Gasteiger partial charge on any atom is -0.465 e. The summed E-state index contributed by atoms with van der Waals surface area (Å²) < 4.78 is 4.65. The third-order valence-electron chi connectivity index (χ3n) is 3.34. The molecule has 0 aliphatic rings. The van der Waals surface area contributed by atoms with Crippen LogP contribution in [0.2, 0.25) is 0 Å². The van der Waals surface area contributed by atoms with E-state index in [0.29, 0.717) is 10.7 Å². The van der Waals surface area contributed by atoms with Crippen molar-refractivity contribution in [1.29, 1.82) is 0 Å². The molecular weight excluding hydrogens is 322 g/mol. The molecule has 0 fully saturated rings. The number of rotatable bonds is 4. The zero-order valence-electron chi connectivity index (χ0n) is 13.8. The van der Waals surface area contributed by atoms with Crippen LogP contribution in [0.25, 0.3) is 0 Å². The van der Waals surface area contributed by atoms with Gasteiger partial charge in [0.2, 0.25) is 0 Å². The van der Waals surface area contributed by atoms with Crippen molar-refractivity contribution < 1.29 is 9.53 Å². The number of hydrogen-bond donors (Lipinski definition) is 2. The predicted octanol–water partition coefficient (Wildman–Crippen LogP) is 3.41. The van der Waals surface area contributed by atoms with Crippen molar-refractivity contribution in [3.8, 4) is 0 Å². The van der Waals surface area contributed by atoms with Crippen LogP contribution in [0, 0.1) is 13.8 Å². The van der Waals surface area contributed by atoms with Crippen LogP contribution in [0.5, 0.6) is 0 Å². The summed E-state index contributed by atoms with van der Waals surface area (Å²) in [5.41, 5.74) is 7.35. The van der Waals surface area contributed by atoms with Gasteiger partial charge in [-0.25, -0.2) is 4.79 Å². The van der Waals surface area contributed by atoms with E-state index in [1.165, 1.54) is 12.7 Å². The number of carbonyl (C=O) groups excluding carboxylic acids is 1. The monoisotopic (exact) mass is 341 g/mol. The van der Waals surface area contributed by atoms with Gasteiger partial charge in [0.25, 0.3) is 0 Å². The molecule has 0 spiro atoms. The maximum absolute atomic E-state index is 11.4. The number of benzene rings is 2. The molecule has 0 bridgehead atoms. The number of anilines is 1. The zero-order chi connectivity index (χ0) is 17.5. The topological polar surface area (TPSA) is 62.7 Å². The van der Waals surface area contributed by atoms with E-state index in [2.05, 4.69) is 26.6 Å². The van der Waals surface area contributed by atoms with Gasteiger partial charge in [-0.3, -0.25) is 5.43 Å². The number of aryl methyl sites for hydroxylation is 2. The van der Waals surface area contributed by atoms with Crippen molar-refractivity contribution in [3.63, 3.8) is 0 Å². The molecule has 0 unspecified atom stereocenters. The van der Waals surface area contributed by atoms with Gasteiger partial charge in [-0.15, -0.1) is 0 Å². The van der Waals surface area contributed by atoms with E-state index in [0.717, 1.165) is 16.8 Å². The molecule has 0 aliphatic carbocycles. The van der Waals surface area contributed by atoms with Gasteiger partial charge in [-0.2, -0.15) is 5.10 Å². The minimum atomic E-state index is -0.365. The quantitative estimate of drug-likeness (QED) is 0.386. The number of ether oxygens (including phenoxy) is 1. The molecule has 24 heavy (non-hydrogen) atoms. The van der Waals surface area contributed by atoms with Gasteiger partial charge in [0.15, 0.2) is 5.11 Å². The van der Waals surface area contributed by atoms with E-state index in [1.807, 2.05) is 26.0 Å². The highest BCUT2D eigenvalue weighted by Crippen LogP contribution is 2.15. The second kappa shape index (κ2) is 8.21. The Morgan fingerprint density at radius 2 is 1.88 bits per heavy atom. The lowest BCUT2D eigenvalue weighted by molar-refractivity contribution is 0.0600. The molecular formula is C18H19N3O2S. The van der Waals surface area contributed by atoms with Gasteiger partial charge < -0.3 is 10.1 Å². The maximum Gasteiger partial charge on any atom is 0.337 e. The largest absolute Gasteiger partial charge is 0.465 e. The summed E-state index contributed by atoms with van der Waals surface area (Å²) in [6, 6.07) is 13.0. The molecule has 0 radical (unpaired) electrons. The Balaban J connectivity index is 1.91. The molecule has 0 saturated carbocycles. The molecule has 2 rings (SSSR count). The third-order valence-corrected chi connectivity index (χ3v) is 3.53. The molecule has 0 amide bonds. The highest BCUT2D eigenvalue weighted by Gasteiger charge is 2.03. The fraction of sp³-hybridized carbons (Fsp3) is 0.167. The third kappa shape index (κ3) is 4.89. The van der Waals surface area contributed by atoms with E-state index in [1.54, 1.807) is 30.5 Å². The molecule has 0 saturated heterocycles. The zero-order valence-corrected chi connectivity index (χ0v) is 14.6. The molecule has 2 N–H and O–H groups in total. The van der Waals surface area contributed by atoms with Crippen LogP contribution in [0.3, 0.4) is 0 Å². The summed E-state index contributed by atoms with van der Waals surface area (Å²) in [4.78, 5) is 11.4. The first-order valence-electron chi connectivity index (χ1n) is 7.35. The van der Waals surface area contributed by atoms with Crippen molar-refractivity contribution >= 4 is 35.2 Å². The number of esters is 1. The number of nitrogens with zero attached hydrogens (tertiary/aromatic N) is 1. The number of methoxy groups -OCH3 is 1. The standard InChI is InChI=1S/C18H19N3O2S/c1-12-4-9-16(13(2)10-12)20-18(24)21-19-11-14-5-7-15(8-6-14)17(22)23-3/h4-11H,1-3H3,(H2,20,21,24)/b19-11+. The smallest absolute Gasteiger partial charge is 0.337 e. The summed E-state index contributed by atoms with van der Waals surface area (Å²) in [6.07, 6.45) is 1.62. The average Bonchev–Trinajstić information content (AvgIpc) is 2.57. The van der Waals surface area contributed by atoms with Gasteiger partial charge in [-0.1, -0.05) is 29.8 Å². The molecule has 0 atom stereocenters. The van der Waals surface area contributed by atoms with Gasteiger partial charge in [0.05, 0.1) is 18.9 Å². The summed E-state index contributed by atoms with van der Waals surface area (Å²) in [5.74, 6) is -0.365. The maximum atomic E-state index is 11.4. The van der Waals surface area contributed by atoms with Crippen LogP contribution in [0.15, 0.2) is 47.6 Å². The highest BCUT2D eigenvalue weighted by molar-refractivity contribution is 7.80. The van der Waals surface area contributed by atoms with Gasteiger partial charge in [0, 0.05) is 5.69 Å². The van der Waals surface area contributed by atoms with Crippen LogP contribution in [-0.4, -0.2) is 24.4 Å². The van der Waals surface area contributed by atoms with Crippen LogP contribution in [0.1, 0.15) is 27.0 Å². The second-order valence-electron chi connectivity index (χ2n) is 5.26. The van der Waals surface area contributed by atoms with Crippen molar-refractivity contribution in [2.24, 2.45) is 5.10 Å². The van der Waals surface area contributed by atoms with E-state index < -0.39 is 0 Å². The first kappa shape index (κ1) is 17.6. The number of thiocarbonyl (C=S) groups is 1. The molecule has 0 aromatic heterocycles. The first-order chi connectivity index (χ1) is 11.5. The Hall–Kier alpha value is -2.73. The Morgan fingerprint density at radius 1 is 1.17 bits per heavy atom. The van der Waals surface area contributed by atoms with E-state index in [9.17, 15) is 4.79 Å². The second-order valence-corrected chi connectivity index (χ2v) is 5.66. The average molecular weight is 341 g/mol. The van der Waals surface area contributed by atoms with Crippen molar-refractivity contribution in [2.45, 2.75) is 13.8 Å². The first-order valence-corrected chi connectivity index (χ1v) is 7.76. The minimum absolute atomic E-state index is 0.365. The molecule has 124 valence electrons. The van der Waals surface area contributed by atoms with E-state index >= 15 is 0 Å². The van der Waals surface area contributed by atoms with E-state index in [4.69, 9.17) is 12.2 Å². The Morgan fingerprint density at radius 3 is 2.50 bits per heavy atom. The molecule has 6 heteroatoms. The lowest BCUT2D eigenvalue weighted by atomic mass is 10.1. The SMILES string of the molecule is COC(=O)c1ccc(/C=N/NC(=S)Nc2ccc(C)cc2C)cc1. The van der Waals surface area contributed by atoms with Crippen LogP contribution >= 0.6 is 12.2 Å². The Kier molecular flexibility index (Phi) is 6.03. The fourth-order valence-corrected chi connectivity index (χ4v) is 2.26. The Labute approximate surface area is 146 Å². The van der Waals surface area contributed by atoms with Crippen LogP contribution < -0.4 is 10.7 Å². The lowest BCUT2D eigenvalue weighted by Gasteiger charge is -2.10. The number of carbonyl (C=O) groups is 1. The summed E-state index contributed by atoms with van der Waals surface area (Å²) in [7, 11) is 1.35. The molecule has 5 nitrogen and oxygen atoms in total. The number of nitrogens with one attached hydrogen (secondary N) is 2. The normalized spacial score (nSPS) is 10.5. The molecule has 2 aromatic carbocycles. The molecule has 0 heterocycles. The van der Waals surface area contributed by atoms with Gasteiger partial charge in [-0.05, 0) is 55.4 Å². The number of hydrogen-bond acceptors (Lipinski definition) is 4. The fourth-order valence-electron chi connectivity index (χ4n) is 2.09. The Bertz CT molecular complexity index is 770. The summed E-state index contributed by atoms with van der Waals surface area (Å²) in [6.45, 7) is 4.06.